The maximum Gasteiger partial charge on any atom is 0.245 e. The van der Waals surface area contributed by atoms with Gasteiger partial charge in [-0.2, -0.15) is 0 Å². The number of unbranched alkanes of at least 4 members (excludes halogenated alkanes) is 1. The highest BCUT2D eigenvalue weighted by molar-refractivity contribution is 5.93. The highest BCUT2D eigenvalue weighted by Crippen LogP contribution is 2.20. The number of amides is 3. The minimum Gasteiger partial charge on any atom is -0.345 e. The number of nitrogens with two attached hydrogens (primary N) is 2. The molecular weight excluding hydrogens is 362 g/mol. The van der Waals surface area contributed by atoms with Crippen LogP contribution >= 0.6 is 0 Å². The van der Waals surface area contributed by atoms with E-state index in [9.17, 15) is 19.2 Å². The first-order valence-corrected chi connectivity index (χ1v) is 10.0. The third-order valence-corrected chi connectivity index (χ3v) is 4.99. The molecule has 0 aromatic heterocycles. The molecule has 1 aliphatic rings. The summed E-state index contributed by atoms with van der Waals surface area (Å²) in [6.45, 7) is 6.17. The van der Waals surface area contributed by atoms with Crippen LogP contribution in [0, 0.1) is 5.92 Å². The van der Waals surface area contributed by atoms with Gasteiger partial charge in [0.05, 0.1) is 12.1 Å². The van der Waals surface area contributed by atoms with E-state index in [1.54, 1.807) is 6.92 Å². The molecular formula is C19H35N5O4. The normalized spacial score (nSPS) is 19.8. The summed E-state index contributed by atoms with van der Waals surface area (Å²) in [5.74, 6) is -1.08. The molecule has 0 radical (unpaired) electrons. The van der Waals surface area contributed by atoms with Crippen LogP contribution in [-0.4, -0.2) is 66.2 Å². The smallest absolute Gasteiger partial charge is 0.245 e. The molecule has 0 aliphatic carbocycles. The Morgan fingerprint density at radius 1 is 1.18 bits per heavy atom. The Bertz CT molecular complexity index is 552. The lowest BCUT2D eigenvalue weighted by Crippen LogP contribution is -2.56. The molecule has 0 unspecified atom stereocenters. The summed E-state index contributed by atoms with van der Waals surface area (Å²) in [5, 5.41) is 5.42. The van der Waals surface area contributed by atoms with Crippen molar-refractivity contribution in [2.24, 2.45) is 17.4 Å². The van der Waals surface area contributed by atoms with Crippen molar-refractivity contribution in [1.29, 1.82) is 0 Å². The van der Waals surface area contributed by atoms with Gasteiger partial charge in [-0.15, -0.1) is 0 Å². The fourth-order valence-electron chi connectivity index (χ4n) is 3.17. The molecule has 3 amide bonds. The predicted octanol–water partition coefficient (Wildman–Crippen LogP) is -0.722. The SMILES string of the molecule is CC(C)[C@@H](C=O)NC(=O)[C@@H]1CCCN1C(=O)[C@H](CCCCN)NC(=O)[C@@H](C)N. The molecule has 1 rings (SSSR count). The van der Waals surface area contributed by atoms with Gasteiger partial charge in [-0.3, -0.25) is 14.4 Å². The van der Waals surface area contributed by atoms with Crippen molar-refractivity contribution in [3.05, 3.63) is 0 Å². The van der Waals surface area contributed by atoms with Crippen molar-refractivity contribution in [3.63, 3.8) is 0 Å². The third kappa shape index (κ3) is 6.87. The lowest BCUT2D eigenvalue weighted by Gasteiger charge is -2.30. The topological polar surface area (TPSA) is 148 Å². The first kappa shape index (κ1) is 24.0. The number of carbonyl (C=O) groups is 4. The second kappa shape index (κ2) is 11.8. The summed E-state index contributed by atoms with van der Waals surface area (Å²) >= 11 is 0. The largest absolute Gasteiger partial charge is 0.345 e. The molecule has 0 aromatic carbocycles. The summed E-state index contributed by atoms with van der Waals surface area (Å²) in [4.78, 5) is 50.5. The molecule has 1 aliphatic heterocycles. The van der Waals surface area contributed by atoms with E-state index in [4.69, 9.17) is 11.5 Å². The van der Waals surface area contributed by atoms with Crippen molar-refractivity contribution in [2.45, 2.75) is 77.0 Å². The van der Waals surface area contributed by atoms with Crippen LogP contribution in [0.25, 0.3) is 0 Å². The van der Waals surface area contributed by atoms with Gasteiger partial charge in [0.15, 0.2) is 0 Å². The van der Waals surface area contributed by atoms with Crippen LogP contribution in [0.1, 0.15) is 52.9 Å². The fourth-order valence-corrected chi connectivity index (χ4v) is 3.17. The molecule has 0 bridgehead atoms. The molecule has 28 heavy (non-hydrogen) atoms. The molecule has 0 saturated carbocycles. The highest BCUT2D eigenvalue weighted by Gasteiger charge is 2.38. The second-order valence-corrected chi connectivity index (χ2v) is 7.74. The average molecular weight is 398 g/mol. The van der Waals surface area contributed by atoms with Crippen molar-refractivity contribution in [1.82, 2.24) is 15.5 Å². The summed E-state index contributed by atoms with van der Waals surface area (Å²) in [5.41, 5.74) is 11.1. The highest BCUT2D eigenvalue weighted by atomic mass is 16.2. The van der Waals surface area contributed by atoms with Crippen LogP contribution in [-0.2, 0) is 19.2 Å². The Kier molecular flexibility index (Phi) is 10.1. The number of hydrogen-bond acceptors (Lipinski definition) is 6. The lowest BCUT2D eigenvalue weighted by atomic mass is 10.0. The van der Waals surface area contributed by atoms with Gasteiger partial charge < -0.3 is 31.8 Å². The molecule has 9 nitrogen and oxygen atoms in total. The van der Waals surface area contributed by atoms with E-state index in [2.05, 4.69) is 10.6 Å². The van der Waals surface area contributed by atoms with Crippen LogP contribution in [0.2, 0.25) is 0 Å². The van der Waals surface area contributed by atoms with Crippen LogP contribution in [0.5, 0.6) is 0 Å². The van der Waals surface area contributed by atoms with E-state index in [0.717, 1.165) is 6.42 Å². The number of likely N-dealkylation sites (tertiary alicyclic amines) is 1. The quantitative estimate of drug-likeness (QED) is 0.267. The summed E-state index contributed by atoms with van der Waals surface area (Å²) in [6.07, 6.45) is 3.77. The van der Waals surface area contributed by atoms with Crippen molar-refractivity contribution >= 4 is 24.0 Å². The number of carbonyl (C=O) groups excluding carboxylic acids is 4. The second-order valence-electron chi connectivity index (χ2n) is 7.74. The van der Waals surface area contributed by atoms with E-state index >= 15 is 0 Å². The number of rotatable bonds is 11. The molecule has 9 heteroatoms. The zero-order valence-corrected chi connectivity index (χ0v) is 17.1. The summed E-state index contributed by atoms with van der Waals surface area (Å²) in [6, 6.07) is -2.71. The van der Waals surface area contributed by atoms with Crippen LogP contribution in [0.4, 0.5) is 0 Å². The molecule has 4 atom stereocenters. The van der Waals surface area contributed by atoms with Gasteiger partial charge in [0, 0.05) is 6.54 Å². The molecule has 0 spiro atoms. The van der Waals surface area contributed by atoms with Crippen LogP contribution in [0.15, 0.2) is 0 Å². The van der Waals surface area contributed by atoms with E-state index in [1.807, 2.05) is 13.8 Å². The Labute approximate surface area is 166 Å². The van der Waals surface area contributed by atoms with E-state index < -0.39 is 30.1 Å². The monoisotopic (exact) mass is 397 g/mol. The maximum absolute atomic E-state index is 13.1. The van der Waals surface area contributed by atoms with Gasteiger partial charge in [0.2, 0.25) is 17.7 Å². The minimum atomic E-state index is -0.745. The Morgan fingerprint density at radius 2 is 1.86 bits per heavy atom. The Hall–Kier alpha value is -2.00. The molecule has 1 saturated heterocycles. The third-order valence-electron chi connectivity index (χ3n) is 4.99. The van der Waals surface area contributed by atoms with Gasteiger partial charge in [-0.1, -0.05) is 13.8 Å². The molecule has 1 fully saturated rings. The standard InChI is InChI=1S/C19H35N5O4/c1-12(2)15(11-25)23-18(27)16-8-6-10-24(16)19(28)14(7-4-5-9-20)22-17(26)13(3)21/h11-16H,4-10,20-21H2,1-3H3,(H,22,26)(H,23,27)/t13-,14+,15-,16+/m1/s1. The number of aldehydes is 1. The summed E-state index contributed by atoms with van der Waals surface area (Å²) < 4.78 is 0. The number of nitrogens with zero attached hydrogens (tertiary/aromatic N) is 1. The van der Waals surface area contributed by atoms with Crippen molar-refractivity contribution < 1.29 is 19.2 Å². The van der Waals surface area contributed by atoms with E-state index in [0.29, 0.717) is 45.1 Å². The van der Waals surface area contributed by atoms with E-state index in [-0.39, 0.29) is 17.7 Å². The molecule has 6 N–H and O–H groups in total. The number of hydrogen-bond donors (Lipinski definition) is 4. The maximum atomic E-state index is 13.1. The van der Waals surface area contributed by atoms with Gasteiger partial charge in [0.25, 0.3) is 0 Å². The zero-order valence-electron chi connectivity index (χ0n) is 17.1. The van der Waals surface area contributed by atoms with Crippen LogP contribution in [0.3, 0.4) is 0 Å². The van der Waals surface area contributed by atoms with Crippen LogP contribution < -0.4 is 22.1 Å². The fraction of sp³-hybridized carbons (Fsp3) is 0.789. The van der Waals surface area contributed by atoms with Gasteiger partial charge in [-0.05, 0) is 51.5 Å². The molecule has 160 valence electrons. The zero-order chi connectivity index (χ0) is 21.3. The molecule has 1 heterocycles. The first-order chi connectivity index (χ1) is 13.2. The van der Waals surface area contributed by atoms with Crippen molar-refractivity contribution in [3.8, 4) is 0 Å². The Morgan fingerprint density at radius 3 is 2.39 bits per heavy atom. The number of nitrogens with one attached hydrogen (secondary N) is 2. The lowest BCUT2D eigenvalue weighted by molar-refractivity contribution is -0.142. The minimum absolute atomic E-state index is 0.0404. The van der Waals surface area contributed by atoms with Crippen molar-refractivity contribution in [2.75, 3.05) is 13.1 Å². The Balaban J connectivity index is 2.87. The van der Waals surface area contributed by atoms with Gasteiger partial charge >= 0.3 is 0 Å². The average Bonchev–Trinajstić information content (AvgIpc) is 3.14. The van der Waals surface area contributed by atoms with Gasteiger partial charge in [-0.25, -0.2) is 0 Å². The first-order valence-electron chi connectivity index (χ1n) is 10.0. The predicted molar refractivity (Wildman–Crippen MR) is 106 cm³/mol. The van der Waals surface area contributed by atoms with E-state index in [1.165, 1.54) is 4.90 Å². The molecule has 0 aromatic rings. The summed E-state index contributed by atoms with van der Waals surface area (Å²) in [7, 11) is 0. The van der Waals surface area contributed by atoms with Gasteiger partial charge in [0.1, 0.15) is 18.4 Å².